The first kappa shape index (κ1) is 18.4. The lowest BCUT2D eigenvalue weighted by atomic mass is 10.1. The maximum absolute atomic E-state index is 12.6. The molecule has 0 spiro atoms. The van der Waals surface area contributed by atoms with Gasteiger partial charge in [0, 0.05) is 24.7 Å². The summed E-state index contributed by atoms with van der Waals surface area (Å²) in [6.07, 6.45) is 0.990. The second-order valence-corrected chi connectivity index (χ2v) is 8.15. The minimum absolute atomic E-state index is 0.221. The molecule has 0 saturated heterocycles. The van der Waals surface area contributed by atoms with Crippen molar-refractivity contribution in [3.63, 3.8) is 0 Å². The normalized spacial score (nSPS) is 15.1. The topological polar surface area (TPSA) is 49.4 Å². The molecule has 4 nitrogen and oxygen atoms in total. The van der Waals surface area contributed by atoms with Crippen LogP contribution < -0.4 is 5.32 Å². The van der Waals surface area contributed by atoms with E-state index in [1.807, 2.05) is 19.1 Å². The number of nitrogens with zero attached hydrogens (tertiary/aromatic N) is 1. The Morgan fingerprint density at radius 3 is 2.33 bits per heavy atom. The van der Waals surface area contributed by atoms with Crippen LogP contribution in [0, 0.1) is 0 Å². The number of sulfonamides is 1. The van der Waals surface area contributed by atoms with Crippen molar-refractivity contribution >= 4 is 21.6 Å². The van der Waals surface area contributed by atoms with E-state index < -0.39 is 15.3 Å². The smallest absolute Gasteiger partial charge is 0.218 e. The van der Waals surface area contributed by atoms with Crippen LogP contribution in [-0.2, 0) is 10.0 Å². The van der Waals surface area contributed by atoms with Crippen LogP contribution in [0.4, 0.5) is 0 Å². The van der Waals surface area contributed by atoms with Crippen LogP contribution in [-0.4, -0.2) is 38.1 Å². The molecule has 0 aromatic heterocycles. The zero-order chi connectivity index (χ0) is 16.0. The average Bonchev–Trinajstić information content (AvgIpc) is 2.46. The molecule has 0 bridgehead atoms. The average molecular weight is 333 g/mol. The van der Waals surface area contributed by atoms with Gasteiger partial charge in [-0.25, -0.2) is 8.42 Å². The van der Waals surface area contributed by atoms with E-state index in [2.05, 4.69) is 12.2 Å². The Balaban J connectivity index is 2.79. The predicted octanol–water partition coefficient (Wildman–Crippen LogP) is 3.05. The van der Waals surface area contributed by atoms with Crippen molar-refractivity contribution in [2.75, 3.05) is 20.1 Å². The van der Waals surface area contributed by atoms with Crippen LogP contribution in [0.15, 0.2) is 24.3 Å². The Bertz CT molecular complexity index is 531. The number of hydrogen-bond acceptors (Lipinski definition) is 3. The molecule has 2 unspecified atom stereocenters. The van der Waals surface area contributed by atoms with Crippen molar-refractivity contribution < 1.29 is 8.42 Å². The largest absolute Gasteiger partial charge is 0.315 e. The lowest BCUT2D eigenvalue weighted by Crippen LogP contribution is -2.41. The Labute approximate surface area is 133 Å². The van der Waals surface area contributed by atoms with Gasteiger partial charge in [-0.05, 0) is 44.5 Å². The first-order chi connectivity index (χ1) is 9.80. The van der Waals surface area contributed by atoms with Crippen molar-refractivity contribution in [2.45, 2.75) is 38.5 Å². The van der Waals surface area contributed by atoms with Gasteiger partial charge in [0.05, 0.1) is 5.25 Å². The molecular weight excluding hydrogens is 308 g/mol. The highest BCUT2D eigenvalue weighted by Crippen LogP contribution is 2.24. The summed E-state index contributed by atoms with van der Waals surface area (Å²) in [7, 11) is -1.71. The second-order valence-electron chi connectivity index (χ2n) is 5.30. The van der Waals surface area contributed by atoms with Crippen molar-refractivity contribution in [3.8, 4) is 0 Å². The number of hydrogen-bond donors (Lipinski definition) is 1. The van der Waals surface area contributed by atoms with Gasteiger partial charge in [-0.15, -0.1) is 0 Å². The molecule has 1 aromatic carbocycles. The molecule has 0 aliphatic rings. The molecule has 0 heterocycles. The highest BCUT2D eigenvalue weighted by molar-refractivity contribution is 7.89. The van der Waals surface area contributed by atoms with E-state index in [-0.39, 0.29) is 6.04 Å². The first-order valence-corrected chi connectivity index (χ1v) is 9.11. The second kappa shape index (κ2) is 8.13. The number of rotatable bonds is 8. The van der Waals surface area contributed by atoms with Crippen LogP contribution in [0.5, 0.6) is 0 Å². The Morgan fingerprint density at radius 1 is 1.24 bits per heavy atom. The molecule has 6 heteroatoms. The number of nitrogens with one attached hydrogen (secondary N) is 1. The van der Waals surface area contributed by atoms with E-state index in [0.717, 1.165) is 18.5 Å². The highest BCUT2D eigenvalue weighted by Gasteiger charge is 2.29. The summed E-state index contributed by atoms with van der Waals surface area (Å²) in [6.45, 7) is 6.97. The van der Waals surface area contributed by atoms with Gasteiger partial charge in [0.15, 0.2) is 0 Å². The monoisotopic (exact) mass is 332 g/mol. The molecule has 2 atom stereocenters. The lowest BCUT2D eigenvalue weighted by Gasteiger charge is -2.28. The fourth-order valence-electron chi connectivity index (χ4n) is 2.04. The summed E-state index contributed by atoms with van der Waals surface area (Å²) in [5, 5.41) is 3.35. The first-order valence-electron chi connectivity index (χ1n) is 7.23. The Morgan fingerprint density at radius 2 is 1.81 bits per heavy atom. The third-order valence-corrected chi connectivity index (χ3v) is 6.22. The van der Waals surface area contributed by atoms with E-state index in [1.54, 1.807) is 26.1 Å². The Kier molecular flexibility index (Phi) is 7.13. The molecule has 0 amide bonds. The van der Waals surface area contributed by atoms with Gasteiger partial charge in [0.1, 0.15) is 0 Å². The van der Waals surface area contributed by atoms with Crippen molar-refractivity contribution in [2.24, 2.45) is 0 Å². The number of halogens is 1. The maximum atomic E-state index is 12.6. The molecule has 1 rings (SSSR count). The fourth-order valence-corrected chi connectivity index (χ4v) is 3.63. The van der Waals surface area contributed by atoms with E-state index in [0.29, 0.717) is 11.6 Å². The SMILES string of the molecule is CCCNCC(C)S(=O)(=O)N(C)C(C)c1ccc(Cl)cc1. The molecule has 0 saturated carbocycles. The molecular formula is C15H25ClN2O2S. The van der Waals surface area contributed by atoms with Gasteiger partial charge >= 0.3 is 0 Å². The maximum Gasteiger partial charge on any atom is 0.218 e. The Hall–Kier alpha value is -0.620. The summed E-state index contributed by atoms with van der Waals surface area (Å²) in [5.41, 5.74) is 0.930. The van der Waals surface area contributed by atoms with Gasteiger partial charge in [-0.1, -0.05) is 30.7 Å². The van der Waals surface area contributed by atoms with E-state index in [4.69, 9.17) is 11.6 Å². The summed E-state index contributed by atoms with van der Waals surface area (Å²) >= 11 is 5.87. The van der Waals surface area contributed by atoms with Crippen LogP contribution in [0.25, 0.3) is 0 Å². The zero-order valence-electron chi connectivity index (χ0n) is 13.1. The van der Waals surface area contributed by atoms with Crippen molar-refractivity contribution in [1.29, 1.82) is 0 Å². The molecule has 0 fully saturated rings. The van der Waals surface area contributed by atoms with Crippen LogP contribution in [0.1, 0.15) is 38.8 Å². The van der Waals surface area contributed by atoms with Gasteiger partial charge in [0.2, 0.25) is 10.0 Å². The summed E-state index contributed by atoms with van der Waals surface area (Å²) < 4.78 is 26.6. The van der Waals surface area contributed by atoms with Crippen LogP contribution in [0.3, 0.4) is 0 Å². The number of benzene rings is 1. The van der Waals surface area contributed by atoms with E-state index >= 15 is 0 Å². The van der Waals surface area contributed by atoms with Crippen LogP contribution in [0.2, 0.25) is 5.02 Å². The molecule has 21 heavy (non-hydrogen) atoms. The lowest BCUT2D eigenvalue weighted by molar-refractivity contribution is 0.391. The third-order valence-electron chi connectivity index (χ3n) is 3.67. The van der Waals surface area contributed by atoms with Crippen LogP contribution >= 0.6 is 11.6 Å². The minimum Gasteiger partial charge on any atom is -0.315 e. The molecule has 0 radical (unpaired) electrons. The highest BCUT2D eigenvalue weighted by atomic mass is 35.5. The molecule has 0 aliphatic carbocycles. The third kappa shape index (κ3) is 4.95. The standard InChI is InChI=1S/C15H25ClN2O2S/c1-5-10-17-11-12(2)21(19,20)18(4)13(3)14-6-8-15(16)9-7-14/h6-9,12-13,17H,5,10-11H2,1-4H3. The van der Waals surface area contributed by atoms with Gasteiger partial charge in [-0.3, -0.25) is 0 Å². The zero-order valence-corrected chi connectivity index (χ0v) is 14.7. The van der Waals surface area contributed by atoms with Crippen molar-refractivity contribution in [3.05, 3.63) is 34.9 Å². The summed E-state index contributed by atoms with van der Waals surface area (Å²) in [6, 6.07) is 7.05. The fraction of sp³-hybridized carbons (Fsp3) is 0.600. The molecule has 1 N–H and O–H groups in total. The van der Waals surface area contributed by atoms with E-state index in [9.17, 15) is 8.42 Å². The molecule has 0 aliphatic heterocycles. The molecule has 1 aromatic rings. The van der Waals surface area contributed by atoms with Gasteiger partial charge < -0.3 is 5.32 Å². The van der Waals surface area contributed by atoms with Gasteiger partial charge in [0.25, 0.3) is 0 Å². The minimum atomic E-state index is -3.34. The summed E-state index contributed by atoms with van der Waals surface area (Å²) in [4.78, 5) is 0. The van der Waals surface area contributed by atoms with Crippen molar-refractivity contribution in [1.82, 2.24) is 9.62 Å². The van der Waals surface area contributed by atoms with E-state index in [1.165, 1.54) is 4.31 Å². The molecule has 120 valence electrons. The van der Waals surface area contributed by atoms with Gasteiger partial charge in [-0.2, -0.15) is 4.31 Å². The summed E-state index contributed by atoms with van der Waals surface area (Å²) in [5.74, 6) is 0. The predicted molar refractivity (Wildman–Crippen MR) is 89.2 cm³/mol. The quantitative estimate of drug-likeness (QED) is 0.744.